The number of nitrogens with one attached hydrogen (secondary N) is 2. The molecule has 0 unspecified atom stereocenters. The third-order valence-electron chi connectivity index (χ3n) is 14.0. The smallest absolute Gasteiger partial charge is 0.331 e. The minimum absolute atomic E-state index is 0.0116. The lowest BCUT2D eigenvalue weighted by Crippen LogP contribution is -2.61. The van der Waals surface area contributed by atoms with E-state index in [-0.39, 0.29) is 78.7 Å². The van der Waals surface area contributed by atoms with E-state index in [2.05, 4.69) is 22.5 Å². The van der Waals surface area contributed by atoms with Gasteiger partial charge >= 0.3 is 5.97 Å². The lowest BCUT2D eigenvalue weighted by molar-refractivity contribution is -0.141. The molecule has 0 radical (unpaired) electrons. The van der Waals surface area contributed by atoms with E-state index in [0.29, 0.717) is 19.4 Å². The molecule has 3 amide bonds. The Labute approximate surface area is 422 Å². The van der Waals surface area contributed by atoms with Gasteiger partial charge in [0.2, 0.25) is 17.7 Å². The summed E-state index contributed by atoms with van der Waals surface area (Å²) in [5.41, 5.74) is 3.54. The van der Waals surface area contributed by atoms with Crippen molar-refractivity contribution < 1.29 is 38.7 Å². The number of anilines is 1. The molecule has 3 aromatic carbocycles. The van der Waals surface area contributed by atoms with Crippen LogP contribution >= 0.6 is 0 Å². The zero-order valence-electron chi connectivity index (χ0n) is 44.4. The molecule has 0 bridgehead atoms. The van der Waals surface area contributed by atoms with Gasteiger partial charge in [-0.3, -0.25) is 28.8 Å². The third kappa shape index (κ3) is 15.4. The fourth-order valence-corrected chi connectivity index (χ4v) is 9.32. The largest absolute Gasteiger partial charge is 0.478 e. The van der Waals surface area contributed by atoms with E-state index in [9.17, 15) is 38.7 Å². The highest BCUT2D eigenvalue weighted by atomic mass is 16.4. The zero-order chi connectivity index (χ0) is 53.0. The Kier molecular flexibility index (Phi) is 20.4. The van der Waals surface area contributed by atoms with Gasteiger partial charge in [-0.05, 0) is 79.0 Å². The number of nitrogens with zero attached hydrogens (tertiary/aromatic N) is 2. The first-order chi connectivity index (χ1) is 33.3. The van der Waals surface area contributed by atoms with Crippen molar-refractivity contribution in [2.45, 2.75) is 151 Å². The van der Waals surface area contributed by atoms with Crippen molar-refractivity contribution >= 4 is 46.7 Å². The molecule has 12 heteroatoms. The maximum atomic E-state index is 14.2. The standard InChI is InChI=1S/C59H78N4O8/c1-37(2)47(35-46(64)26-17-19-28-52(67)63-36-44-24-15-14-22-42(44)29-30-43-23-16-18-27-48(43)63)51(66)32-39(5)50(65)34-41-21-20-25-45(33-41)59(10,11)53(60-12)55(68)61-54(58(7,8)9)56(69)62(13)49(38(3)4)31-40(6)57(70)71/h14-16,18,20-25,27,31,33,37-39,47,49,53-54,60H,17,19,26,28,32,34-36H2,1-13H3,(H,61,68)(H,70,71)/b40-31+/t39-,47+,49-,53-,54-/m1/s1. The molecule has 3 N–H and O–H groups in total. The lowest BCUT2D eigenvalue weighted by Gasteiger charge is -2.40. The number of rotatable bonds is 24. The SMILES string of the molecule is CN[C@H](C(=O)N[C@H](C(=O)N(C)[C@H](/C=C(\C)C(=O)O)C(C)C)C(C)(C)C)C(C)(C)c1cccc(CC(=O)[C@H](C)CC(=O)[C@@H](CC(=O)CCCCC(=O)N2Cc3ccccc3C#Cc3ccccc32)C(C)C)c1. The van der Waals surface area contributed by atoms with Crippen LogP contribution in [-0.2, 0) is 51.9 Å². The third-order valence-corrected chi connectivity index (χ3v) is 14.0. The molecule has 3 aromatic rings. The maximum absolute atomic E-state index is 14.2. The summed E-state index contributed by atoms with van der Waals surface area (Å²) in [7, 11) is 3.31. The first-order valence-electron chi connectivity index (χ1n) is 25.1. The van der Waals surface area contributed by atoms with E-state index >= 15 is 0 Å². The van der Waals surface area contributed by atoms with Crippen LogP contribution in [0.1, 0.15) is 143 Å². The number of hydrogen-bond donors (Lipinski definition) is 3. The number of Topliss-reactive ketones (excluding diaryl/α,β-unsaturated/α-hetero) is 3. The van der Waals surface area contributed by atoms with Crippen LogP contribution in [0.3, 0.4) is 0 Å². The van der Waals surface area contributed by atoms with Crippen molar-refractivity contribution in [2.24, 2.45) is 29.1 Å². The van der Waals surface area contributed by atoms with Crippen LogP contribution in [0.5, 0.6) is 0 Å². The number of hydrogen-bond acceptors (Lipinski definition) is 8. The molecule has 71 heavy (non-hydrogen) atoms. The second-order valence-corrected chi connectivity index (χ2v) is 21.7. The molecular formula is C59H78N4O8. The van der Waals surface area contributed by atoms with E-state index in [1.54, 1.807) is 32.0 Å². The number of amides is 3. The molecule has 4 rings (SSSR count). The van der Waals surface area contributed by atoms with E-state index in [4.69, 9.17) is 0 Å². The van der Waals surface area contributed by atoms with Crippen LogP contribution < -0.4 is 15.5 Å². The lowest BCUT2D eigenvalue weighted by atomic mass is 9.76. The molecule has 1 aliphatic heterocycles. The quantitative estimate of drug-likeness (QED) is 0.0450. The summed E-state index contributed by atoms with van der Waals surface area (Å²) in [6.07, 6.45) is 3.30. The summed E-state index contributed by atoms with van der Waals surface area (Å²) in [5, 5.41) is 15.7. The van der Waals surface area contributed by atoms with Crippen LogP contribution in [0.15, 0.2) is 84.4 Å². The van der Waals surface area contributed by atoms with Crippen molar-refractivity contribution in [3.05, 3.63) is 112 Å². The number of aliphatic carboxylic acids is 1. The van der Waals surface area contributed by atoms with E-state index < -0.39 is 52.7 Å². The molecule has 0 spiro atoms. The fourth-order valence-electron chi connectivity index (χ4n) is 9.32. The number of carbonyl (C=O) groups excluding carboxylic acids is 6. The molecule has 1 aliphatic rings. The maximum Gasteiger partial charge on any atom is 0.331 e. The van der Waals surface area contributed by atoms with Crippen molar-refractivity contribution in [1.29, 1.82) is 0 Å². The van der Waals surface area contributed by atoms with Gasteiger partial charge in [-0.15, -0.1) is 0 Å². The van der Waals surface area contributed by atoms with Gasteiger partial charge in [0, 0.05) is 73.1 Å². The Balaban J connectivity index is 1.35. The second kappa shape index (κ2) is 25.3. The Hall–Kier alpha value is -6.19. The van der Waals surface area contributed by atoms with E-state index in [0.717, 1.165) is 33.5 Å². The molecule has 12 nitrogen and oxygen atoms in total. The van der Waals surface area contributed by atoms with Gasteiger partial charge in [-0.1, -0.05) is 142 Å². The van der Waals surface area contributed by atoms with Gasteiger partial charge in [0.1, 0.15) is 23.4 Å². The normalized spacial score (nSPS) is 14.9. The van der Waals surface area contributed by atoms with Gasteiger partial charge in [0.15, 0.2) is 0 Å². The first kappa shape index (κ1) is 57.4. The van der Waals surface area contributed by atoms with Crippen molar-refractivity contribution in [1.82, 2.24) is 15.5 Å². The monoisotopic (exact) mass is 971 g/mol. The number of benzene rings is 3. The molecular weight excluding hydrogens is 893 g/mol. The molecule has 0 aliphatic carbocycles. The number of para-hydroxylation sites is 1. The van der Waals surface area contributed by atoms with Gasteiger partial charge in [-0.25, -0.2) is 4.79 Å². The predicted octanol–water partition coefficient (Wildman–Crippen LogP) is 9.04. The Morgan fingerprint density at radius 1 is 0.775 bits per heavy atom. The Morgan fingerprint density at radius 3 is 2.01 bits per heavy atom. The van der Waals surface area contributed by atoms with Crippen LogP contribution in [0.4, 0.5) is 5.69 Å². The minimum atomic E-state index is -1.07. The highest BCUT2D eigenvalue weighted by Gasteiger charge is 2.42. The predicted molar refractivity (Wildman–Crippen MR) is 280 cm³/mol. The first-order valence-corrected chi connectivity index (χ1v) is 25.1. The molecule has 382 valence electrons. The highest BCUT2D eigenvalue weighted by molar-refractivity contribution is 5.96. The topological polar surface area (TPSA) is 170 Å². The number of carbonyl (C=O) groups is 7. The van der Waals surface area contributed by atoms with Gasteiger partial charge in [-0.2, -0.15) is 0 Å². The van der Waals surface area contributed by atoms with Crippen LogP contribution in [-0.4, -0.2) is 83.3 Å². The average Bonchev–Trinajstić information content (AvgIpc) is 3.30. The summed E-state index contributed by atoms with van der Waals surface area (Å²) in [6.45, 7) is 20.7. The molecule has 0 fully saturated rings. The summed E-state index contributed by atoms with van der Waals surface area (Å²) in [4.78, 5) is 97.9. The number of ketones is 3. The summed E-state index contributed by atoms with van der Waals surface area (Å²) in [5.74, 6) is 3.01. The second-order valence-electron chi connectivity index (χ2n) is 21.7. The Bertz CT molecular complexity index is 2520. The average molecular weight is 971 g/mol. The van der Waals surface area contributed by atoms with Crippen LogP contribution in [0, 0.1) is 40.9 Å². The summed E-state index contributed by atoms with van der Waals surface area (Å²) < 4.78 is 0. The number of fused-ring (bicyclic) bond motifs is 2. The van der Waals surface area contributed by atoms with Crippen molar-refractivity contribution in [2.75, 3.05) is 19.0 Å². The van der Waals surface area contributed by atoms with Crippen LogP contribution in [0.2, 0.25) is 0 Å². The number of carboxylic acid groups (broad SMARTS) is 1. The molecule has 0 saturated carbocycles. The van der Waals surface area contributed by atoms with E-state index in [1.807, 2.05) is 135 Å². The van der Waals surface area contributed by atoms with Gasteiger partial charge in [0.05, 0.1) is 24.3 Å². The van der Waals surface area contributed by atoms with Gasteiger partial charge in [0.25, 0.3) is 0 Å². The van der Waals surface area contributed by atoms with E-state index in [1.165, 1.54) is 11.8 Å². The number of unbranched alkanes of at least 4 members (excludes halogenated alkanes) is 1. The summed E-state index contributed by atoms with van der Waals surface area (Å²) >= 11 is 0. The molecule has 0 saturated heterocycles. The number of carboxylic acids is 1. The molecule has 1 heterocycles. The highest BCUT2D eigenvalue weighted by Crippen LogP contribution is 2.32. The molecule has 5 atom stereocenters. The zero-order valence-corrected chi connectivity index (χ0v) is 44.4. The van der Waals surface area contributed by atoms with Crippen LogP contribution in [0.25, 0.3) is 0 Å². The fraction of sp³-hybridized carbons (Fsp3) is 0.508. The minimum Gasteiger partial charge on any atom is -0.478 e. The van der Waals surface area contributed by atoms with Crippen molar-refractivity contribution in [3.63, 3.8) is 0 Å². The van der Waals surface area contributed by atoms with Crippen molar-refractivity contribution in [3.8, 4) is 11.8 Å². The van der Waals surface area contributed by atoms with Gasteiger partial charge < -0.3 is 25.5 Å². The number of likely N-dealkylation sites (N-methyl/N-ethyl adjacent to an activating group) is 2. The Morgan fingerprint density at radius 2 is 1.39 bits per heavy atom. The molecule has 0 aromatic heterocycles. The summed E-state index contributed by atoms with van der Waals surface area (Å²) in [6, 6.07) is 20.7.